The van der Waals surface area contributed by atoms with E-state index in [2.05, 4.69) is 30.6 Å². The Morgan fingerprint density at radius 2 is 2.11 bits per heavy atom. The molecule has 18 heavy (non-hydrogen) atoms. The van der Waals surface area contributed by atoms with E-state index in [4.69, 9.17) is 4.74 Å². The second-order valence-electron chi connectivity index (χ2n) is 6.04. The Kier molecular flexibility index (Phi) is 2.41. The Labute approximate surface area is 109 Å². The quantitative estimate of drug-likeness (QED) is 0.881. The Hall–Kier alpha value is -1.02. The van der Waals surface area contributed by atoms with Crippen LogP contribution in [0.2, 0.25) is 0 Å². The number of benzene rings is 1. The molecule has 3 aliphatic rings. The predicted octanol–water partition coefficient (Wildman–Crippen LogP) is 2.93. The third-order valence-electron chi connectivity index (χ3n) is 5.25. The molecule has 2 heteroatoms. The third kappa shape index (κ3) is 1.45. The number of nitrogens with one attached hydrogen (secondary N) is 1. The van der Waals surface area contributed by atoms with Crippen LogP contribution in [0.3, 0.4) is 0 Å². The van der Waals surface area contributed by atoms with Crippen LogP contribution >= 0.6 is 0 Å². The van der Waals surface area contributed by atoms with Crippen molar-refractivity contribution in [3.63, 3.8) is 0 Å². The monoisotopic (exact) mass is 243 g/mol. The van der Waals surface area contributed by atoms with Gasteiger partial charge in [0.05, 0.1) is 6.61 Å². The van der Waals surface area contributed by atoms with E-state index in [1.165, 1.54) is 36.1 Å². The molecule has 0 saturated heterocycles. The van der Waals surface area contributed by atoms with Gasteiger partial charge in [-0.15, -0.1) is 0 Å². The standard InChI is InChI=1S/C16H21NO/c1-17-15(14-11-5-3-6-12(11)14)13-7-2-4-10-8-9-18-16(10)13/h2,4,7,11-12,14-15,17H,3,5-6,8-9H2,1H3. The number of hydrogen-bond donors (Lipinski definition) is 1. The molecular formula is C16H21NO. The lowest BCUT2D eigenvalue weighted by molar-refractivity contribution is 0.343. The molecule has 0 aromatic heterocycles. The average molecular weight is 243 g/mol. The Morgan fingerprint density at radius 1 is 1.28 bits per heavy atom. The Bertz CT molecular complexity index is 460. The van der Waals surface area contributed by atoms with Crippen molar-refractivity contribution in [2.45, 2.75) is 31.7 Å². The molecular weight excluding hydrogens is 222 g/mol. The second kappa shape index (κ2) is 3.99. The fraction of sp³-hybridized carbons (Fsp3) is 0.625. The van der Waals surface area contributed by atoms with E-state index in [1.54, 1.807) is 0 Å². The van der Waals surface area contributed by atoms with Crippen molar-refractivity contribution in [2.75, 3.05) is 13.7 Å². The van der Waals surface area contributed by atoms with Gasteiger partial charge in [-0.3, -0.25) is 0 Å². The molecule has 0 amide bonds. The van der Waals surface area contributed by atoms with Gasteiger partial charge in [-0.1, -0.05) is 24.6 Å². The Morgan fingerprint density at radius 3 is 2.89 bits per heavy atom. The zero-order valence-corrected chi connectivity index (χ0v) is 11.0. The van der Waals surface area contributed by atoms with Crippen LogP contribution in [0.1, 0.15) is 36.4 Å². The predicted molar refractivity (Wildman–Crippen MR) is 71.8 cm³/mol. The molecule has 1 aromatic rings. The topological polar surface area (TPSA) is 21.3 Å². The first-order chi connectivity index (χ1) is 8.90. The zero-order chi connectivity index (χ0) is 12.1. The van der Waals surface area contributed by atoms with Crippen molar-refractivity contribution in [1.29, 1.82) is 0 Å². The fourth-order valence-corrected chi connectivity index (χ4v) is 4.41. The van der Waals surface area contributed by atoms with Crippen molar-refractivity contribution in [3.8, 4) is 5.75 Å². The highest BCUT2D eigenvalue weighted by molar-refractivity contribution is 5.46. The average Bonchev–Trinajstić information content (AvgIpc) is 2.84. The van der Waals surface area contributed by atoms with Gasteiger partial charge in [-0.25, -0.2) is 0 Å². The smallest absolute Gasteiger partial charge is 0.127 e. The summed E-state index contributed by atoms with van der Waals surface area (Å²) in [7, 11) is 2.10. The van der Waals surface area contributed by atoms with Crippen molar-refractivity contribution in [2.24, 2.45) is 17.8 Å². The van der Waals surface area contributed by atoms with E-state index < -0.39 is 0 Å². The molecule has 0 spiro atoms. The molecule has 1 heterocycles. The molecule has 1 aromatic carbocycles. The summed E-state index contributed by atoms with van der Waals surface area (Å²) < 4.78 is 5.87. The summed E-state index contributed by atoms with van der Waals surface area (Å²) >= 11 is 0. The van der Waals surface area contributed by atoms with Crippen molar-refractivity contribution >= 4 is 0 Å². The highest BCUT2D eigenvalue weighted by atomic mass is 16.5. The lowest BCUT2D eigenvalue weighted by Gasteiger charge is -2.21. The molecule has 96 valence electrons. The summed E-state index contributed by atoms with van der Waals surface area (Å²) in [6.07, 6.45) is 5.43. The van der Waals surface area contributed by atoms with E-state index in [0.29, 0.717) is 6.04 Å². The number of fused-ring (bicyclic) bond motifs is 2. The van der Waals surface area contributed by atoms with E-state index in [9.17, 15) is 0 Å². The fourth-order valence-electron chi connectivity index (χ4n) is 4.41. The number of rotatable bonds is 3. The van der Waals surface area contributed by atoms with Gasteiger partial charge in [0.25, 0.3) is 0 Å². The summed E-state index contributed by atoms with van der Waals surface area (Å²) in [6, 6.07) is 7.19. The van der Waals surface area contributed by atoms with E-state index in [-0.39, 0.29) is 0 Å². The normalized spacial score (nSPS) is 33.7. The van der Waals surface area contributed by atoms with Crippen LogP contribution < -0.4 is 10.1 Å². The van der Waals surface area contributed by atoms with E-state index in [0.717, 1.165) is 30.8 Å². The zero-order valence-electron chi connectivity index (χ0n) is 11.0. The molecule has 2 saturated carbocycles. The van der Waals surface area contributed by atoms with Gasteiger partial charge in [0.2, 0.25) is 0 Å². The summed E-state index contributed by atoms with van der Waals surface area (Å²) in [5.74, 6) is 4.01. The van der Waals surface area contributed by atoms with Crippen molar-refractivity contribution in [3.05, 3.63) is 29.3 Å². The first-order valence-electron chi connectivity index (χ1n) is 7.32. The number of para-hydroxylation sites is 1. The molecule has 2 aliphatic carbocycles. The maximum absolute atomic E-state index is 5.87. The molecule has 4 rings (SSSR count). The molecule has 0 radical (unpaired) electrons. The minimum Gasteiger partial charge on any atom is -0.493 e. The van der Waals surface area contributed by atoms with Gasteiger partial charge in [-0.2, -0.15) is 0 Å². The summed E-state index contributed by atoms with van der Waals surface area (Å²) in [5.41, 5.74) is 2.81. The largest absolute Gasteiger partial charge is 0.493 e. The van der Waals surface area contributed by atoms with Crippen LogP contribution in [-0.2, 0) is 6.42 Å². The van der Waals surface area contributed by atoms with Gasteiger partial charge < -0.3 is 10.1 Å². The summed E-state index contributed by atoms with van der Waals surface area (Å²) in [5, 5.41) is 3.56. The first-order valence-corrected chi connectivity index (χ1v) is 7.32. The molecule has 1 aliphatic heterocycles. The van der Waals surface area contributed by atoms with Gasteiger partial charge in [0, 0.05) is 18.0 Å². The van der Waals surface area contributed by atoms with Crippen LogP contribution in [0.15, 0.2) is 18.2 Å². The maximum atomic E-state index is 5.87. The summed E-state index contributed by atoms with van der Waals surface area (Å²) in [6.45, 7) is 0.861. The maximum Gasteiger partial charge on any atom is 0.127 e. The number of hydrogen-bond acceptors (Lipinski definition) is 2. The van der Waals surface area contributed by atoms with E-state index >= 15 is 0 Å². The summed E-state index contributed by atoms with van der Waals surface area (Å²) in [4.78, 5) is 0. The van der Waals surface area contributed by atoms with Gasteiger partial charge >= 0.3 is 0 Å². The van der Waals surface area contributed by atoms with Gasteiger partial charge in [0.15, 0.2) is 0 Å². The first kappa shape index (κ1) is 10.9. The molecule has 0 bridgehead atoms. The third-order valence-corrected chi connectivity index (χ3v) is 5.25. The van der Waals surface area contributed by atoms with Crippen LogP contribution in [0.25, 0.3) is 0 Å². The van der Waals surface area contributed by atoms with Crippen LogP contribution in [0.4, 0.5) is 0 Å². The van der Waals surface area contributed by atoms with Crippen LogP contribution in [0, 0.1) is 17.8 Å². The highest BCUT2D eigenvalue weighted by Gasteiger charge is 2.56. The van der Waals surface area contributed by atoms with Crippen molar-refractivity contribution in [1.82, 2.24) is 5.32 Å². The molecule has 1 N–H and O–H groups in total. The van der Waals surface area contributed by atoms with Crippen molar-refractivity contribution < 1.29 is 4.74 Å². The van der Waals surface area contributed by atoms with Crippen LogP contribution in [0.5, 0.6) is 5.75 Å². The number of ether oxygens (including phenoxy) is 1. The Balaban J connectivity index is 1.67. The second-order valence-corrected chi connectivity index (χ2v) is 6.04. The van der Waals surface area contributed by atoms with E-state index in [1.807, 2.05) is 0 Å². The minimum atomic E-state index is 0.508. The molecule has 3 atom stereocenters. The lowest BCUT2D eigenvalue weighted by atomic mass is 9.94. The highest BCUT2D eigenvalue weighted by Crippen LogP contribution is 2.62. The molecule has 3 unspecified atom stereocenters. The minimum absolute atomic E-state index is 0.508. The van der Waals surface area contributed by atoms with Gasteiger partial charge in [-0.05, 0) is 43.2 Å². The van der Waals surface area contributed by atoms with Crippen LogP contribution in [-0.4, -0.2) is 13.7 Å². The molecule has 2 nitrogen and oxygen atoms in total. The van der Waals surface area contributed by atoms with Gasteiger partial charge in [0.1, 0.15) is 5.75 Å². The molecule has 2 fully saturated rings. The SMILES string of the molecule is CNC(c1cccc2c1OCC2)C1C2CCCC21. The lowest BCUT2D eigenvalue weighted by Crippen LogP contribution is -2.21.